The van der Waals surface area contributed by atoms with E-state index in [1.807, 2.05) is 0 Å². The first-order valence-electron chi connectivity index (χ1n) is 6.87. The number of aliphatic carboxylic acids is 1. The molecule has 1 aliphatic rings. The summed E-state index contributed by atoms with van der Waals surface area (Å²) in [5.74, 6) is -1.45. The highest BCUT2D eigenvalue weighted by molar-refractivity contribution is 5.81. The van der Waals surface area contributed by atoms with E-state index in [0.29, 0.717) is 24.3 Å². The number of carboxylic acid groups (broad SMARTS) is 1. The summed E-state index contributed by atoms with van der Waals surface area (Å²) < 4.78 is 23.6. The summed E-state index contributed by atoms with van der Waals surface area (Å²) in [5.41, 5.74) is -0.492. The minimum Gasteiger partial charge on any atom is -0.496 e. The number of halogens is 1. The lowest BCUT2D eigenvalue weighted by Crippen LogP contribution is -2.51. The average Bonchev–Trinajstić information content (AvgIpc) is 2.85. The van der Waals surface area contributed by atoms with Crippen LogP contribution in [0.4, 0.5) is 4.39 Å². The van der Waals surface area contributed by atoms with Crippen molar-refractivity contribution in [1.29, 1.82) is 0 Å². The number of hydrogen-bond acceptors (Lipinski definition) is 4. The third kappa shape index (κ3) is 3.94. The Kier molecular flexibility index (Phi) is 4.97. The van der Waals surface area contributed by atoms with Crippen molar-refractivity contribution in [3.63, 3.8) is 0 Å². The number of carboxylic acids is 1. The van der Waals surface area contributed by atoms with E-state index < -0.39 is 23.2 Å². The van der Waals surface area contributed by atoms with Crippen molar-refractivity contribution in [3.05, 3.63) is 29.6 Å². The van der Waals surface area contributed by atoms with Crippen LogP contribution in [0.2, 0.25) is 0 Å². The Hall–Kier alpha value is -2.15. The van der Waals surface area contributed by atoms with E-state index in [1.54, 1.807) is 0 Å². The number of amides is 1. The van der Waals surface area contributed by atoms with Crippen LogP contribution in [0.15, 0.2) is 18.2 Å². The van der Waals surface area contributed by atoms with Crippen molar-refractivity contribution in [2.24, 2.45) is 0 Å². The predicted molar refractivity (Wildman–Crippen MR) is 75.2 cm³/mol. The van der Waals surface area contributed by atoms with E-state index in [0.717, 1.165) is 0 Å². The monoisotopic (exact) mass is 311 g/mol. The van der Waals surface area contributed by atoms with E-state index in [4.69, 9.17) is 14.6 Å². The lowest BCUT2D eigenvalue weighted by Gasteiger charge is -2.27. The molecule has 120 valence electrons. The van der Waals surface area contributed by atoms with Gasteiger partial charge in [0.25, 0.3) is 0 Å². The third-order valence-corrected chi connectivity index (χ3v) is 3.59. The first kappa shape index (κ1) is 16.2. The number of nitrogens with one attached hydrogen (secondary N) is 1. The zero-order chi connectivity index (χ0) is 16.2. The molecule has 7 heteroatoms. The van der Waals surface area contributed by atoms with E-state index in [-0.39, 0.29) is 19.4 Å². The average molecular weight is 311 g/mol. The van der Waals surface area contributed by atoms with Gasteiger partial charge in [-0.15, -0.1) is 0 Å². The standard InChI is InChI=1S/C15H18FNO5/c1-21-12-3-2-11(16)6-10(12)7-13(18)17-15(8-14(19)20)4-5-22-9-15/h2-3,6H,4-5,7-9H2,1H3,(H,17,18)(H,19,20). The number of carbonyl (C=O) groups is 2. The second-order valence-electron chi connectivity index (χ2n) is 5.33. The van der Waals surface area contributed by atoms with E-state index in [1.165, 1.54) is 25.3 Å². The van der Waals surface area contributed by atoms with Gasteiger partial charge >= 0.3 is 5.97 Å². The lowest BCUT2D eigenvalue weighted by molar-refractivity contribution is -0.139. The number of benzene rings is 1. The molecule has 1 unspecified atom stereocenters. The quantitative estimate of drug-likeness (QED) is 0.822. The minimum atomic E-state index is -1.01. The van der Waals surface area contributed by atoms with E-state index in [9.17, 15) is 14.0 Å². The summed E-state index contributed by atoms with van der Waals surface area (Å²) in [6.07, 6.45) is 0.132. The summed E-state index contributed by atoms with van der Waals surface area (Å²) in [7, 11) is 1.44. The van der Waals surface area contributed by atoms with Crippen molar-refractivity contribution >= 4 is 11.9 Å². The van der Waals surface area contributed by atoms with E-state index >= 15 is 0 Å². The number of ether oxygens (including phenoxy) is 2. The minimum absolute atomic E-state index is 0.0949. The van der Waals surface area contributed by atoms with Crippen LogP contribution in [0.25, 0.3) is 0 Å². The molecule has 0 spiro atoms. The fraction of sp³-hybridized carbons (Fsp3) is 0.467. The Morgan fingerprint density at radius 1 is 1.50 bits per heavy atom. The van der Waals surface area contributed by atoms with Gasteiger partial charge in [0.05, 0.1) is 32.1 Å². The second-order valence-corrected chi connectivity index (χ2v) is 5.33. The molecule has 1 heterocycles. The van der Waals surface area contributed by atoms with Crippen LogP contribution in [0.5, 0.6) is 5.75 Å². The number of rotatable bonds is 6. The summed E-state index contributed by atoms with van der Waals surface area (Å²) in [4.78, 5) is 23.2. The third-order valence-electron chi connectivity index (χ3n) is 3.59. The van der Waals surface area contributed by atoms with E-state index in [2.05, 4.69) is 5.32 Å². The van der Waals surface area contributed by atoms with Crippen molar-refractivity contribution in [2.45, 2.75) is 24.8 Å². The molecule has 1 aromatic carbocycles. The Labute approximate surface area is 127 Å². The molecular formula is C15H18FNO5. The topological polar surface area (TPSA) is 84.9 Å². The van der Waals surface area contributed by atoms with Crippen molar-refractivity contribution in [1.82, 2.24) is 5.32 Å². The van der Waals surface area contributed by atoms with Crippen LogP contribution in [-0.2, 0) is 20.7 Å². The Balaban J connectivity index is 2.08. The van der Waals surface area contributed by atoms with Gasteiger partial charge in [0.15, 0.2) is 0 Å². The normalized spacial score (nSPS) is 20.6. The van der Waals surface area contributed by atoms with Crippen LogP contribution in [-0.4, -0.2) is 42.8 Å². The van der Waals surface area contributed by atoms with Crippen LogP contribution < -0.4 is 10.1 Å². The summed E-state index contributed by atoms with van der Waals surface area (Å²) in [6, 6.07) is 3.92. The molecule has 6 nitrogen and oxygen atoms in total. The summed E-state index contributed by atoms with van der Waals surface area (Å²) in [5, 5.41) is 11.7. The summed E-state index contributed by atoms with van der Waals surface area (Å²) in [6.45, 7) is 0.558. The van der Waals surface area contributed by atoms with Gasteiger partial charge in [0.1, 0.15) is 11.6 Å². The van der Waals surface area contributed by atoms with Gasteiger partial charge in [0.2, 0.25) is 5.91 Å². The smallest absolute Gasteiger partial charge is 0.305 e. The highest BCUT2D eigenvalue weighted by atomic mass is 19.1. The number of methoxy groups -OCH3 is 1. The van der Waals surface area contributed by atoms with Gasteiger partial charge in [-0.25, -0.2) is 4.39 Å². The Bertz CT molecular complexity index is 569. The van der Waals surface area contributed by atoms with Gasteiger partial charge in [-0.05, 0) is 24.6 Å². The largest absolute Gasteiger partial charge is 0.496 e. The maximum absolute atomic E-state index is 13.3. The zero-order valence-electron chi connectivity index (χ0n) is 12.2. The highest BCUT2D eigenvalue weighted by Gasteiger charge is 2.38. The number of hydrogen-bond donors (Lipinski definition) is 2. The molecule has 22 heavy (non-hydrogen) atoms. The van der Waals surface area contributed by atoms with Gasteiger partial charge in [0, 0.05) is 12.2 Å². The van der Waals surface area contributed by atoms with Crippen molar-refractivity contribution in [2.75, 3.05) is 20.3 Å². The van der Waals surface area contributed by atoms with Crippen molar-refractivity contribution in [3.8, 4) is 5.75 Å². The fourth-order valence-electron chi connectivity index (χ4n) is 2.58. The molecule has 1 saturated heterocycles. The SMILES string of the molecule is COc1ccc(F)cc1CC(=O)NC1(CC(=O)O)CCOC1. The molecule has 2 rings (SSSR count). The summed E-state index contributed by atoms with van der Waals surface area (Å²) >= 11 is 0. The molecule has 1 atom stereocenters. The molecule has 0 aromatic heterocycles. The molecule has 2 N–H and O–H groups in total. The first-order chi connectivity index (χ1) is 10.4. The Morgan fingerprint density at radius 3 is 2.86 bits per heavy atom. The van der Waals surface area contributed by atoms with Gasteiger partial charge in [-0.3, -0.25) is 9.59 Å². The maximum atomic E-state index is 13.3. The Morgan fingerprint density at radius 2 is 2.27 bits per heavy atom. The molecule has 1 aliphatic heterocycles. The van der Waals surface area contributed by atoms with Crippen molar-refractivity contribution < 1.29 is 28.6 Å². The van der Waals surface area contributed by atoms with Crippen LogP contribution >= 0.6 is 0 Å². The predicted octanol–water partition coefficient (Wildman–Crippen LogP) is 1.13. The highest BCUT2D eigenvalue weighted by Crippen LogP contribution is 2.24. The van der Waals surface area contributed by atoms with Crippen LogP contribution in [0.1, 0.15) is 18.4 Å². The number of carbonyl (C=O) groups excluding carboxylic acids is 1. The molecule has 1 fully saturated rings. The van der Waals surface area contributed by atoms with Crippen LogP contribution in [0.3, 0.4) is 0 Å². The molecule has 0 saturated carbocycles. The molecule has 0 radical (unpaired) electrons. The molecular weight excluding hydrogens is 293 g/mol. The van der Waals surface area contributed by atoms with Gasteiger partial charge < -0.3 is 19.9 Å². The zero-order valence-corrected chi connectivity index (χ0v) is 12.2. The second kappa shape index (κ2) is 6.74. The van der Waals surface area contributed by atoms with Gasteiger partial charge in [-0.2, -0.15) is 0 Å². The first-order valence-corrected chi connectivity index (χ1v) is 6.87. The lowest BCUT2D eigenvalue weighted by atomic mass is 9.93. The molecule has 1 amide bonds. The molecule has 0 aliphatic carbocycles. The van der Waals surface area contributed by atoms with Crippen LogP contribution in [0, 0.1) is 5.82 Å². The molecule has 1 aromatic rings. The fourth-order valence-corrected chi connectivity index (χ4v) is 2.58. The van der Waals surface area contributed by atoms with Gasteiger partial charge in [-0.1, -0.05) is 0 Å². The maximum Gasteiger partial charge on any atom is 0.305 e. The molecule has 0 bridgehead atoms.